The van der Waals surface area contributed by atoms with Crippen LogP contribution in [-0.4, -0.2) is 43.1 Å². The molecule has 25 heavy (non-hydrogen) atoms. The van der Waals surface area contributed by atoms with Crippen LogP contribution in [0.4, 0.5) is 5.13 Å². The van der Waals surface area contributed by atoms with Crippen molar-refractivity contribution >= 4 is 16.5 Å². The van der Waals surface area contributed by atoms with Gasteiger partial charge in [-0.3, -0.25) is 5.43 Å². The molecule has 0 radical (unpaired) electrons. The number of nitrogens with one attached hydrogen (secondary N) is 2. The number of benzene rings is 1. The van der Waals surface area contributed by atoms with Crippen LogP contribution in [0.5, 0.6) is 0 Å². The Hall–Kier alpha value is -1.47. The first kappa shape index (κ1) is 17.0. The van der Waals surface area contributed by atoms with E-state index in [-0.39, 0.29) is 0 Å². The summed E-state index contributed by atoms with van der Waals surface area (Å²) in [7, 11) is 2.22. The number of thiazole rings is 1. The molecular weight excluding hydrogens is 330 g/mol. The van der Waals surface area contributed by atoms with Gasteiger partial charge in [0.15, 0.2) is 5.13 Å². The molecule has 0 aliphatic carbocycles. The van der Waals surface area contributed by atoms with Crippen molar-refractivity contribution in [3.05, 3.63) is 47.0 Å². The van der Waals surface area contributed by atoms with E-state index in [2.05, 4.69) is 69.2 Å². The molecule has 2 saturated heterocycles. The van der Waals surface area contributed by atoms with E-state index in [1.54, 1.807) is 0 Å². The quantitative estimate of drug-likeness (QED) is 0.832. The highest BCUT2D eigenvalue weighted by molar-refractivity contribution is 7.15. The van der Waals surface area contributed by atoms with Gasteiger partial charge in [-0.2, -0.15) is 0 Å². The lowest BCUT2D eigenvalue weighted by Gasteiger charge is -2.24. The van der Waals surface area contributed by atoms with Crippen LogP contribution < -0.4 is 15.8 Å². The van der Waals surface area contributed by atoms with Crippen LogP contribution in [0.1, 0.15) is 29.3 Å². The Morgan fingerprint density at radius 3 is 2.84 bits per heavy atom. The van der Waals surface area contributed by atoms with Crippen molar-refractivity contribution < 1.29 is 0 Å². The number of hydrogen-bond donors (Lipinski definition) is 2. The second-order valence-electron chi connectivity index (χ2n) is 7.17. The first-order valence-corrected chi connectivity index (χ1v) is 10.0. The van der Waals surface area contributed by atoms with E-state index in [0.29, 0.717) is 12.0 Å². The first-order chi connectivity index (χ1) is 12.3. The molecule has 0 bridgehead atoms. The monoisotopic (exact) mass is 357 g/mol. The van der Waals surface area contributed by atoms with E-state index in [0.717, 1.165) is 19.6 Å². The third-order valence-electron chi connectivity index (χ3n) is 5.14. The Labute approximate surface area is 154 Å². The molecule has 2 fully saturated rings. The standard InChI is InChI=1S/C19H27N5S/c1-23(14-17-12-20-19(25-17)24-9-5-6-10-24)13-16-11-21-22-18(16)15-7-3-2-4-8-15/h2-4,7-8,12,16,18,21-22H,5-6,9-11,13-14H2,1H3. The molecule has 4 rings (SSSR count). The minimum absolute atomic E-state index is 0.380. The maximum Gasteiger partial charge on any atom is 0.185 e. The van der Waals surface area contributed by atoms with Gasteiger partial charge in [-0.15, -0.1) is 11.3 Å². The van der Waals surface area contributed by atoms with E-state index < -0.39 is 0 Å². The fraction of sp³-hybridized carbons (Fsp3) is 0.526. The smallest absolute Gasteiger partial charge is 0.185 e. The number of hydrogen-bond acceptors (Lipinski definition) is 6. The number of aromatic nitrogens is 1. The average Bonchev–Trinajstić information content (AvgIpc) is 3.37. The van der Waals surface area contributed by atoms with Gasteiger partial charge in [0.2, 0.25) is 0 Å². The minimum Gasteiger partial charge on any atom is -0.348 e. The maximum atomic E-state index is 4.64. The molecule has 1 aromatic carbocycles. The highest BCUT2D eigenvalue weighted by Gasteiger charge is 2.29. The van der Waals surface area contributed by atoms with Gasteiger partial charge >= 0.3 is 0 Å². The zero-order valence-electron chi connectivity index (χ0n) is 14.8. The van der Waals surface area contributed by atoms with Crippen LogP contribution in [0.25, 0.3) is 0 Å². The molecular formula is C19H27N5S. The van der Waals surface area contributed by atoms with E-state index in [9.17, 15) is 0 Å². The zero-order chi connectivity index (χ0) is 17.1. The average molecular weight is 358 g/mol. The van der Waals surface area contributed by atoms with E-state index in [4.69, 9.17) is 0 Å². The van der Waals surface area contributed by atoms with E-state index in [1.165, 1.54) is 41.5 Å². The Morgan fingerprint density at radius 2 is 2.04 bits per heavy atom. The molecule has 134 valence electrons. The number of rotatable bonds is 6. The summed E-state index contributed by atoms with van der Waals surface area (Å²) in [5.41, 5.74) is 8.14. The SMILES string of the molecule is CN(Cc1cnc(N2CCCC2)s1)CC1CNNC1c1ccccc1. The Bertz CT molecular complexity index is 667. The van der Waals surface area contributed by atoms with Gasteiger partial charge in [-0.25, -0.2) is 10.4 Å². The van der Waals surface area contributed by atoms with Crippen LogP contribution in [-0.2, 0) is 6.54 Å². The molecule has 0 amide bonds. The molecule has 2 aromatic rings. The summed E-state index contributed by atoms with van der Waals surface area (Å²) in [6.45, 7) is 5.38. The molecule has 5 nitrogen and oxygen atoms in total. The Balaban J connectivity index is 1.34. The summed E-state index contributed by atoms with van der Waals surface area (Å²) >= 11 is 1.86. The third-order valence-corrected chi connectivity index (χ3v) is 6.18. The van der Waals surface area contributed by atoms with Gasteiger partial charge in [-0.05, 0) is 25.5 Å². The second kappa shape index (κ2) is 7.83. The molecule has 3 heterocycles. The number of hydrazine groups is 1. The molecule has 1 aromatic heterocycles. The van der Waals surface area contributed by atoms with Crippen LogP contribution in [0.2, 0.25) is 0 Å². The molecule has 2 aliphatic heterocycles. The largest absolute Gasteiger partial charge is 0.348 e. The highest BCUT2D eigenvalue weighted by atomic mass is 32.1. The number of anilines is 1. The predicted octanol–water partition coefficient (Wildman–Crippen LogP) is 2.64. The second-order valence-corrected chi connectivity index (χ2v) is 8.27. The fourth-order valence-electron chi connectivity index (χ4n) is 3.88. The van der Waals surface area contributed by atoms with Gasteiger partial charge in [0, 0.05) is 49.7 Å². The van der Waals surface area contributed by atoms with E-state index in [1.807, 2.05) is 11.3 Å². The Morgan fingerprint density at radius 1 is 1.24 bits per heavy atom. The van der Waals surface area contributed by atoms with Crippen LogP contribution >= 0.6 is 11.3 Å². The van der Waals surface area contributed by atoms with Crippen molar-refractivity contribution in [3.63, 3.8) is 0 Å². The molecule has 2 N–H and O–H groups in total. The van der Waals surface area contributed by atoms with Gasteiger partial charge in [-0.1, -0.05) is 30.3 Å². The van der Waals surface area contributed by atoms with Crippen molar-refractivity contribution in [2.45, 2.75) is 25.4 Å². The van der Waals surface area contributed by atoms with Crippen molar-refractivity contribution in [3.8, 4) is 0 Å². The van der Waals surface area contributed by atoms with Crippen molar-refractivity contribution in [1.82, 2.24) is 20.7 Å². The lowest BCUT2D eigenvalue weighted by Crippen LogP contribution is -2.30. The topological polar surface area (TPSA) is 43.4 Å². The highest BCUT2D eigenvalue weighted by Crippen LogP contribution is 2.28. The molecule has 2 atom stereocenters. The lowest BCUT2D eigenvalue weighted by atomic mass is 9.94. The van der Waals surface area contributed by atoms with Gasteiger partial charge in [0.1, 0.15) is 0 Å². The third kappa shape index (κ3) is 4.03. The van der Waals surface area contributed by atoms with Gasteiger partial charge in [0.05, 0.1) is 6.04 Å². The van der Waals surface area contributed by atoms with Crippen LogP contribution in [0.15, 0.2) is 36.5 Å². The zero-order valence-corrected chi connectivity index (χ0v) is 15.6. The van der Waals surface area contributed by atoms with Crippen molar-refractivity contribution in [2.24, 2.45) is 5.92 Å². The van der Waals surface area contributed by atoms with Crippen LogP contribution in [0.3, 0.4) is 0 Å². The summed E-state index contributed by atoms with van der Waals surface area (Å²) in [4.78, 5) is 10.8. The summed E-state index contributed by atoms with van der Waals surface area (Å²) in [5.74, 6) is 0.568. The first-order valence-electron chi connectivity index (χ1n) is 9.21. The molecule has 2 unspecified atom stereocenters. The van der Waals surface area contributed by atoms with E-state index >= 15 is 0 Å². The Kier molecular flexibility index (Phi) is 5.31. The summed E-state index contributed by atoms with van der Waals surface area (Å²) < 4.78 is 0. The molecule has 0 spiro atoms. The van der Waals surface area contributed by atoms with Gasteiger partial charge in [0.25, 0.3) is 0 Å². The predicted molar refractivity (Wildman–Crippen MR) is 104 cm³/mol. The summed E-state index contributed by atoms with van der Waals surface area (Å²) in [5, 5.41) is 1.20. The molecule has 6 heteroatoms. The normalized spacial score (nSPS) is 23.7. The fourth-order valence-corrected chi connectivity index (χ4v) is 4.92. The van der Waals surface area contributed by atoms with Crippen molar-refractivity contribution in [1.29, 1.82) is 0 Å². The van der Waals surface area contributed by atoms with Crippen molar-refractivity contribution in [2.75, 3.05) is 38.1 Å². The van der Waals surface area contributed by atoms with Crippen LogP contribution in [0, 0.1) is 5.92 Å². The van der Waals surface area contributed by atoms with Gasteiger partial charge < -0.3 is 9.80 Å². The summed E-state index contributed by atoms with van der Waals surface area (Å²) in [6.07, 6.45) is 4.67. The molecule has 2 aliphatic rings. The maximum absolute atomic E-state index is 4.64. The molecule has 0 saturated carbocycles. The minimum atomic E-state index is 0.380. The summed E-state index contributed by atoms with van der Waals surface area (Å²) in [6, 6.07) is 11.1. The number of nitrogens with zero attached hydrogens (tertiary/aromatic N) is 3. The lowest BCUT2D eigenvalue weighted by molar-refractivity contribution is 0.264.